The number of carbonyl (C=O) groups excluding carboxylic acids is 2. The number of benzene rings is 4. The third kappa shape index (κ3) is 9.46. The largest absolute Gasteiger partial charge is 0.481 e. The number of hydrogen-bond donors (Lipinski definition) is 2. The summed E-state index contributed by atoms with van der Waals surface area (Å²) in [5.41, 5.74) is 6.21. The maximum atomic E-state index is 13.4. The molecule has 0 saturated carbocycles. The lowest BCUT2D eigenvalue weighted by Gasteiger charge is -2.29. The molecule has 0 aromatic heterocycles. The van der Waals surface area contributed by atoms with Gasteiger partial charge in [-0.05, 0) is 96.5 Å². The molecule has 2 N–H and O–H groups in total. The molecule has 4 aliphatic heterocycles. The smallest absolute Gasteiger partial charge is 0.308 e. The molecule has 61 heavy (non-hydrogen) atoms. The Morgan fingerprint density at radius 2 is 1.08 bits per heavy atom. The van der Waals surface area contributed by atoms with Crippen LogP contribution in [0.25, 0.3) is 34.4 Å². The normalized spacial score (nSPS) is 18.9. The lowest BCUT2D eigenvalue weighted by atomic mass is 9.96. The summed E-state index contributed by atoms with van der Waals surface area (Å²) in [5.74, 6) is -2.35. The van der Waals surface area contributed by atoms with Crippen molar-refractivity contribution < 1.29 is 48.9 Å². The molecule has 0 aliphatic carbocycles. The molecule has 2 fully saturated rings. The minimum absolute atomic E-state index is 0.154. The average molecular weight is 886 g/mol. The summed E-state index contributed by atoms with van der Waals surface area (Å²) < 4.78 is 0. The molecule has 2 amide bonds. The summed E-state index contributed by atoms with van der Waals surface area (Å²) in [5, 5.41) is 20.0. The molecule has 4 aromatic rings. The number of fused-ring (bicyclic) bond motifs is 2. The van der Waals surface area contributed by atoms with E-state index in [0.29, 0.717) is 118 Å². The predicted molar refractivity (Wildman–Crippen MR) is 230 cm³/mol. The quantitative estimate of drug-likeness (QED) is 0.116. The Hall–Kier alpha value is -5.31. The number of amides is 2. The van der Waals surface area contributed by atoms with E-state index >= 15 is 0 Å². The van der Waals surface area contributed by atoms with Crippen LogP contribution in [0.5, 0.6) is 11.5 Å². The first-order valence-corrected chi connectivity index (χ1v) is 21.7. The molecule has 2 atom stereocenters. The van der Waals surface area contributed by atoms with Gasteiger partial charge in [-0.25, -0.2) is 0 Å². The summed E-state index contributed by atoms with van der Waals surface area (Å²) >= 11 is 16.1. The van der Waals surface area contributed by atoms with Gasteiger partial charge in [-0.3, -0.25) is 19.2 Å². The molecular weight excluding hydrogens is 843 g/mol. The molecular formula is C46H42Cl2N2O10S. The van der Waals surface area contributed by atoms with Crippen LogP contribution in [-0.2, 0) is 41.8 Å². The summed E-state index contributed by atoms with van der Waals surface area (Å²) in [6.07, 6.45) is 9.92. The monoisotopic (exact) mass is 884 g/mol. The average Bonchev–Trinajstić information content (AvgIpc) is 3.28. The van der Waals surface area contributed by atoms with Crippen LogP contribution in [0.2, 0.25) is 10.0 Å². The van der Waals surface area contributed by atoms with Crippen LogP contribution in [0, 0.1) is 11.8 Å². The number of halogens is 2. The number of hydrogen-bond acceptors (Lipinski definition) is 9. The maximum absolute atomic E-state index is 13.4. The van der Waals surface area contributed by atoms with E-state index in [9.17, 15) is 29.4 Å². The topological polar surface area (TPSA) is 152 Å². The van der Waals surface area contributed by atoms with Crippen molar-refractivity contribution in [3.63, 3.8) is 0 Å². The fourth-order valence-electron chi connectivity index (χ4n) is 8.11. The maximum Gasteiger partial charge on any atom is 0.308 e. The molecule has 2 saturated heterocycles. The van der Waals surface area contributed by atoms with Crippen molar-refractivity contribution >= 4 is 70.9 Å². The van der Waals surface area contributed by atoms with Gasteiger partial charge in [0, 0.05) is 83.2 Å². The van der Waals surface area contributed by atoms with E-state index in [2.05, 4.69) is 0 Å². The second-order valence-corrected chi connectivity index (χ2v) is 17.2. The van der Waals surface area contributed by atoms with Crippen molar-refractivity contribution in [1.29, 1.82) is 0 Å². The Bertz CT molecular complexity index is 2290. The number of aliphatic carboxylic acids is 2. The number of carbonyl (C=O) groups is 4. The SMILES string of the molecule is O=C(O)C1CCCN(C(=O)/C=C/c2ccc(Sc3ccc(/C=C/C(=O)N4CCCC(C(=O)O)C4)c(-c4ccc5c(c4)CCOO5)c3Cl)c(Cl)c2-c2ccc3c(c2)CCOO3)C1. The van der Waals surface area contributed by atoms with E-state index in [0.717, 1.165) is 22.3 Å². The number of carboxylic acids is 2. The summed E-state index contributed by atoms with van der Waals surface area (Å²) in [6, 6.07) is 18.9. The first kappa shape index (κ1) is 42.4. The highest BCUT2D eigenvalue weighted by atomic mass is 35.5. The summed E-state index contributed by atoms with van der Waals surface area (Å²) in [4.78, 5) is 75.8. The molecule has 316 valence electrons. The molecule has 15 heteroatoms. The van der Waals surface area contributed by atoms with Crippen molar-refractivity contribution in [2.24, 2.45) is 11.8 Å². The number of likely N-dealkylation sites (tertiary alicyclic amines) is 2. The van der Waals surface area contributed by atoms with E-state index in [4.69, 9.17) is 42.8 Å². The zero-order valence-electron chi connectivity index (χ0n) is 32.9. The van der Waals surface area contributed by atoms with Gasteiger partial charge in [0.1, 0.15) is 0 Å². The summed E-state index contributed by atoms with van der Waals surface area (Å²) in [7, 11) is 0. The third-order valence-corrected chi connectivity index (χ3v) is 13.5. The van der Waals surface area contributed by atoms with E-state index < -0.39 is 23.8 Å². The highest BCUT2D eigenvalue weighted by molar-refractivity contribution is 7.99. The van der Waals surface area contributed by atoms with Gasteiger partial charge in [-0.1, -0.05) is 59.2 Å². The Morgan fingerprint density at radius 1 is 0.639 bits per heavy atom. The van der Waals surface area contributed by atoms with Gasteiger partial charge in [0.05, 0.1) is 35.1 Å². The zero-order chi connectivity index (χ0) is 42.6. The molecule has 0 bridgehead atoms. The fourth-order valence-corrected chi connectivity index (χ4v) is 9.80. The van der Waals surface area contributed by atoms with Crippen LogP contribution in [0.3, 0.4) is 0 Å². The van der Waals surface area contributed by atoms with Gasteiger partial charge < -0.3 is 29.8 Å². The number of rotatable bonds is 10. The van der Waals surface area contributed by atoms with Gasteiger partial charge >= 0.3 is 11.9 Å². The first-order chi connectivity index (χ1) is 29.5. The molecule has 0 spiro atoms. The molecule has 2 unspecified atom stereocenters. The Labute approximate surface area is 366 Å². The third-order valence-electron chi connectivity index (χ3n) is 11.4. The first-order valence-electron chi connectivity index (χ1n) is 20.1. The van der Waals surface area contributed by atoms with Crippen LogP contribution >= 0.6 is 35.0 Å². The van der Waals surface area contributed by atoms with E-state index in [-0.39, 0.29) is 24.9 Å². The second kappa shape index (κ2) is 18.8. The van der Waals surface area contributed by atoms with Gasteiger partial charge in [-0.15, -0.1) is 0 Å². The van der Waals surface area contributed by atoms with Gasteiger partial charge in [-0.2, -0.15) is 9.78 Å². The predicted octanol–water partition coefficient (Wildman–Crippen LogP) is 8.88. The molecule has 8 rings (SSSR count). The van der Waals surface area contributed by atoms with Gasteiger partial charge in [0.25, 0.3) is 0 Å². The van der Waals surface area contributed by atoms with Crippen LogP contribution in [-0.4, -0.2) is 83.2 Å². The van der Waals surface area contributed by atoms with Crippen LogP contribution in [0.15, 0.2) is 82.6 Å². The van der Waals surface area contributed by atoms with E-state index in [1.165, 1.54) is 23.9 Å². The lowest BCUT2D eigenvalue weighted by molar-refractivity contribution is -0.215. The number of nitrogens with zero attached hydrogens (tertiary/aromatic N) is 2. The zero-order valence-corrected chi connectivity index (χ0v) is 35.3. The van der Waals surface area contributed by atoms with E-state index in [1.54, 1.807) is 22.0 Å². The highest BCUT2D eigenvalue weighted by Gasteiger charge is 2.29. The summed E-state index contributed by atoms with van der Waals surface area (Å²) in [6.45, 7) is 2.06. The van der Waals surface area contributed by atoms with Crippen LogP contribution in [0.4, 0.5) is 0 Å². The van der Waals surface area contributed by atoms with Crippen molar-refractivity contribution in [2.75, 3.05) is 39.4 Å². The molecule has 4 aromatic carbocycles. The van der Waals surface area contributed by atoms with Crippen molar-refractivity contribution in [2.45, 2.75) is 48.3 Å². The van der Waals surface area contributed by atoms with Crippen molar-refractivity contribution in [3.05, 3.63) is 105 Å². The van der Waals surface area contributed by atoms with Crippen LogP contribution < -0.4 is 9.78 Å². The van der Waals surface area contributed by atoms with E-state index in [1.807, 2.05) is 60.7 Å². The van der Waals surface area contributed by atoms with Gasteiger partial charge in [0.15, 0.2) is 11.5 Å². The lowest BCUT2D eigenvalue weighted by Crippen LogP contribution is -2.41. The minimum Gasteiger partial charge on any atom is -0.481 e. The molecule has 0 radical (unpaired) electrons. The minimum atomic E-state index is -0.906. The van der Waals surface area contributed by atoms with Gasteiger partial charge in [0.2, 0.25) is 11.8 Å². The van der Waals surface area contributed by atoms with Crippen molar-refractivity contribution in [3.8, 4) is 33.8 Å². The fraction of sp³-hybridized carbons (Fsp3) is 0.304. The Kier molecular flexibility index (Phi) is 13.0. The molecule has 4 aliphatic rings. The Balaban J connectivity index is 1.15. The highest BCUT2D eigenvalue weighted by Crippen LogP contribution is 2.47. The number of carboxylic acid groups (broad SMARTS) is 2. The second-order valence-electron chi connectivity index (χ2n) is 15.3. The van der Waals surface area contributed by atoms with Crippen molar-refractivity contribution in [1.82, 2.24) is 9.80 Å². The Morgan fingerprint density at radius 3 is 1.51 bits per heavy atom. The number of piperidine rings is 2. The van der Waals surface area contributed by atoms with Crippen LogP contribution in [0.1, 0.15) is 47.9 Å². The molecule has 4 heterocycles. The standard InChI is InChI=1S/C46H42Cl2N2O10S/c47-43-37(13-7-27(9-15-39(51)49-19-1-3-33(25-49)45(53)54)41(43)31-5-11-35-29(23-31)17-21-57-59-35)61-38-14-8-28(10-16-40(52)50-20-2-4-34(26-50)46(55)56)42(44(38)48)32-6-12-36-30(24-32)18-22-58-60-36/h5-16,23-24,33-34H,1-4,17-22,25-26H2,(H,53,54)(H,55,56)/b15-9+,16-10+. The molecule has 12 nitrogen and oxygen atoms in total.